The standard InChI is InChI=1S/C24H20I2N2O2/c1-3-14(2)15-7-10-22-21(12-15)28-24(30-22)16-5-4-6-18(11-16)27-23(29)19-13-17(25)8-9-20(19)26/h4-14H,3H2,1-2H3,(H,27,29)/t14-/m0/s1. The Kier molecular flexibility index (Phi) is 6.43. The minimum absolute atomic E-state index is 0.133. The number of carbonyl (C=O) groups is 1. The van der Waals surface area contributed by atoms with Gasteiger partial charge >= 0.3 is 0 Å². The molecule has 0 aliphatic carbocycles. The fourth-order valence-electron chi connectivity index (χ4n) is 3.21. The summed E-state index contributed by atoms with van der Waals surface area (Å²) >= 11 is 4.39. The second-order valence-electron chi connectivity index (χ2n) is 7.21. The topological polar surface area (TPSA) is 55.1 Å². The van der Waals surface area contributed by atoms with Gasteiger partial charge in [-0.3, -0.25) is 4.79 Å². The number of aromatic nitrogens is 1. The molecule has 1 N–H and O–H groups in total. The number of rotatable bonds is 5. The molecule has 1 aromatic heterocycles. The number of nitrogens with one attached hydrogen (secondary N) is 1. The van der Waals surface area contributed by atoms with Crippen molar-refractivity contribution in [1.82, 2.24) is 4.98 Å². The summed E-state index contributed by atoms with van der Waals surface area (Å²) in [6, 6.07) is 19.6. The highest BCUT2D eigenvalue weighted by Gasteiger charge is 2.14. The summed E-state index contributed by atoms with van der Waals surface area (Å²) in [7, 11) is 0. The van der Waals surface area contributed by atoms with Crippen molar-refractivity contribution in [1.29, 1.82) is 0 Å². The van der Waals surface area contributed by atoms with Crippen LogP contribution in [0.3, 0.4) is 0 Å². The number of carbonyl (C=O) groups excluding carboxylic acids is 1. The monoisotopic (exact) mass is 622 g/mol. The van der Waals surface area contributed by atoms with E-state index in [0.29, 0.717) is 23.1 Å². The summed E-state index contributed by atoms with van der Waals surface area (Å²) in [6.45, 7) is 4.39. The predicted octanol–water partition coefficient (Wildman–Crippen LogP) is 7.47. The molecule has 0 fully saturated rings. The van der Waals surface area contributed by atoms with E-state index in [1.54, 1.807) is 0 Å². The largest absolute Gasteiger partial charge is 0.436 e. The van der Waals surface area contributed by atoms with E-state index in [0.717, 1.165) is 30.2 Å². The van der Waals surface area contributed by atoms with E-state index in [-0.39, 0.29) is 5.91 Å². The number of halogens is 2. The SMILES string of the molecule is CC[C@H](C)c1ccc2oc(-c3cccc(NC(=O)c4cc(I)ccc4I)c3)nc2c1. The molecule has 152 valence electrons. The van der Waals surface area contributed by atoms with E-state index in [4.69, 9.17) is 4.42 Å². The molecule has 0 unspecified atom stereocenters. The van der Waals surface area contributed by atoms with E-state index < -0.39 is 0 Å². The Morgan fingerprint density at radius 2 is 1.93 bits per heavy atom. The van der Waals surface area contributed by atoms with Crippen molar-refractivity contribution in [2.45, 2.75) is 26.2 Å². The molecular weight excluding hydrogens is 602 g/mol. The van der Waals surface area contributed by atoms with Crippen molar-refractivity contribution in [2.24, 2.45) is 0 Å². The van der Waals surface area contributed by atoms with Gasteiger partial charge in [0, 0.05) is 18.4 Å². The van der Waals surface area contributed by atoms with Gasteiger partial charge in [-0.05, 0) is 112 Å². The van der Waals surface area contributed by atoms with Crippen LogP contribution >= 0.6 is 45.2 Å². The van der Waals surface area contributed by atoms with Gasteiger partial charge in [-0.2, -0.15) is 0 Å². The van der Waals surface area contributed by atoms with Crippen LogP contribution < -0.4 is 5.32 Å². The van der Waals surface area contributed by atoms with Gasteiger partial charge < -0.3 is 9.73 Å². The van der Waals surface area contributed by atoms with Crippen molar-refractivity contribution >= 4 is 67.9 Å². The molecule has 0 saturated heterocycles. The van der Waals surface area contributed by atoms with Crippen LogP contribution in [0.15, 0.2) is 65.1 Å². The zero-order valence-electron chi connectivity index (χ0n) is 16.6. The average Bonchev–Trinajstić information content (AvgIpc) is 3.18. The molecule has 1 heterocycles. The Hall–Kier alpha value is -1.94. The van der Waals surface area contributed by atoms with Crippen LogP contribution in [-0.2, 0) is 0 Å². The van der Waals surface area contributed by atoms with E-state index in [9.17, 15) is 4.79 Å². The Morgan fingerprint density at radius 3 is 2.73 bits per heavy atom. The number of anilines is 1. The normalized spacial score (nSPS) is 12.1. The van der Waals surface area contributed by atoms with Gasteiger partial charge in [0.05, 0.1) is 5.56 Å². The lowest BCUT2D eigenvalue weighted by atomic mass is 9.98. The number of fused-ring (bicyclic) bond motifs is 1. The summed E-state index contributed by atoms with van der Waals surface area (Å²) in [5.74, 6) is 0.897. The Labute approximate surface area is 202 Å². The van der Waals surface area contributed by atoms with Crippen LogP contribution in [0.2, 0.25) is 0 Å². The molecule has 4 rings (SSSR count). The quantitative estimate of drug-likeness (QED) is 0.235. The first-order valence-corrected chi connectivity index (χ1v) is 11.9. The highest BCUT2D eigenvalue weighted by atomic mass is 127. The van der Waals surface area contributed by atoms with Crippen LogP contribution in [0.4, 0.5) is 5.69 Å². The zero-order valence-corrected chi connectivity index (χ0v) is 20.9. The molecule has 0 aliphatic rings. The smallest absolute Gasteiger partial charge is 0.256 e. The number of benzene rings is 3. The van der Waals surface area contributed by atoms with Crippen molar-refractivity contribution in [2.75, 3.05) is 5.32 Å². The molecule has 1 atom stereocenters. The Bertz CT molecular complexity index is 1230. The average molecular weight is 622 g/mol. The number of hydrogen-bond donors (Lipinski definition) is 1. The van der Waals surface area contributed by atoms with Gasteiger partial charge in [-0.1, -0.05) is 26.0 Å². The highest BCUT2D eigenvalue weighted by Crippen LogP contribution is 2.29. The third-order valence-corrected chi connectivity index (χ3v) is 6.75. The predicted molar refractivity (Wildman–Crippen MR) is 138 cm³/mol. The summed E-state index contributed by atoms with van der Waals surface area (Å²) in [5.41, 5.74) is 5.07. The van der Waals surface area contributed by atoms with Gasteiger partial charge in [-0.25, -0.2) is 4.98 Å². The third-order valence-electron chi connectivity index (χ3n) is 5.13. The van der Waals surface area contributed by atoms with Gasteiger partial charge in [-0.15, -0.1) is 0 Å². The molecule has 1 amide bonds. The maximum atomic E-state index is 12.7. The minimum Gasteiger partial charge on any atom is -0.436 e. The number of amides is 1. The Balaban J connectivity index is 1.61. The van der Waals surface area contributed by atoms with Crippen LogP contribution in [0.25, 0.3) is 22.6 Å². The molecule has 0 spiro atoms. The van der Waals surface area contributed by atoms with Gasteiger partial charge in [0.1, 0.15) is 5.52 Å². The molecule has 4 nitrogen and oxygen atoms in total. The maximum absolute atomic E-state index is 12.7. The molecule has 0 radical (unpaired) electrons. The molecule has 0 aliphatic heterocycles. The first-order chi connectivity index (χ1) is 14.4. The molecule has 30 heavy (non-hydrogen) atoms. The van der Waals surface area contributed by atoms with Crippen molar-refractivity contribution in [3.8, 4) is 11.5 Å². The summed E-state index contributed by atoms with van der Waals surface area (Å²) < 4.78 is 7.91. The number of hydrogen-bond acceptors (Lipinski definition) is 3. The summed E-state index contributed by atoms with van der Waals surface area (Å²) in [4.78, 5) is 17.4. The summed E-state index contributed by atoms with van der Waals surface area (Å²) in [5, 5.41) is 2.99. The zero-order chi connectivity index (χ0) is 21.3. The Morgan fingerprint density at radius 1 is 1.10 bits per heavy atom. The van der Waals surface area contributed by atoms with Gasteiger partial charge in [0.15, 0.2) is 5.58 Å². The molecule has 3 aromatic carbocycles. The third kappa shape index (κ3) is 4.54. The van der Waals surface area contributed by atoms with Crippen molar-refractivity contribution < 1.29 is 9.21 Å². The van der Waals surface area contributed by atoms with E-state index >= 15 is 0 Å². The van der Waals surface area contributed by atoms with E-state index in [1.807, 2.05) is 48.5 Å². The minimum atomic E-state index is -0.133. The van der Waals surface area contributed by atoms with Crippen molar-refractivity contribution in [3.63, 3.8) is 0 Å². The number of oxazole rings is 1. The first kappa shape index (κ1) is 21.3. The molecule has 6 heteroatoms. The van der Waals surface area contributed by atoms with Crippen LogP contribution in [0.1, 0.15) is 42.1 Å². The highest BCUT2D eigenvalue weighted by molar-refractivity contribution is 14.1. The second kappa shape index (κ2) is 9.05. The maximum Gasteiger partial charge on any atom is 0.256 e. The first-order valence-electron chi connectivity index (χ1n) is 9.72. The summed E-state index contributed by atoms with van der Waals surface area (Å²) in [6.07, 6.45) is 1.08. The fraction of sp³-hybridized carbons (Fsp3) is 0.167. The second-order valence-corrected chi connectivity index (χ2v) is 9.62. The van der Waals surface area contributed by atoms with Gasteiger partial charge in [0.25, 0.3) is 5.91 Å². The van der Waals surface area contributed by atoms with Crippen molar-refractivity contribution in [3.05, 3.63) is 78.9 Å². The van der Waals surface area contributed by atoms with E-state index in [2.05, 4.69) is 81.5 Å². The molecular formula is C24H20I2N2O2. The van der Waals surface area contributed by atoms with Crippen LogP contribution in [0.5, 0.6) is 0 Å². The lowest BCUT2D eigenvalue weighted by molar-refractivity contribution is 0.102. The van der Waals surface area contributed by atoms with Crippen LogP contribution in [0, 0.1) is 7.14 Å². The van der Waals surface area contributed by atoms with Crippen LogP contribution in [-0.4, -0.2) is 10.9 Å². The number of nitrogens with zero attached hydrogens (tertiary/aromatic N) is 1. The fourth-order valence-corrected chi connectivity index (χ4v) is 4.28. The van der Waals surface area contributed by atoms with E-state index in [1.165, 1.54) is 5.56 Å². The lowest BCUT2D eigenvalue weighted by Gasteiger charge is -2.08. The lowest BCUT2D eigenvalue weighted by Crippen LogP contribution is -2.13. The molecule has 4 aromatic rings. The van der Waals surface area contributed by atoms with Gasteiger partial charge in [0.2, 0.25) is 5.89 Å². The molecule has 0 bridgehead atoms. The molecule has 0 saturated carbocycles.